The van der Waals surface area contributed by atoms with Crippen LogP contribution < -0.4 is 5.32 Å². The van der Waals surface area contributed by atoms with Crippen LogP contribution >= 0.6 is 11.6 Å². The van der Waals surface area contributed by atoms with Crippen LogP contribution in [0.4, 0.5) is 5.69 Å². The van der Waals surface area contributed by atoms with Crippen LogP contribution in [0.3, 0.4) is 0 Å². The smallest absolute Gasteiger partial charge is 0.253 e. The van der Waals surface area contributed by atoms with Gasteiger partial charge in [0.1, 0.15) is 5.25 Å². The Morgan fingerprint density at radius 3 is 2.15 bits per heavy atom. The van der Waals surface area contributed by atoms with Gasteiger partial charge in [0.25, 0.3) is 5.91 Å². The van der Waals surface area contributed by atoms with E-state index in [1.807, 2.05) is 0 Å². The summed E-state index contributed by atoms with van der Waals surface area (Å²) in [4.78, 5) is 25.1. The fourth-order valence-corrected chi connectivity index (χ4v) is 4.48. The average Bonchev–Trinajstić information content (AvgIpc) is 2.53. The van der Waals surface area contributed by atoms with Gasteiger partial charge in [0.2, 0.25) is 5.91 Å². The maximum atomic E-state index is 12.6. The Bertz CT molecular complexity index is 934. The van der Waals surface area contributed by atoms with Gasteiger partial charge < -0.3 is 10.2 Å². The molecule has 1 aliphatic heterocycles. The molecule has 136 valence electrons. The molecule has 1 N–H and O–H groups in total. The first-order valence-electron chi connectivity index (χ1n) is 7.94. The SMILES string of the molecule is CC(=O)Nc1ccc(C(=O)N2CC(S(=O)(=O)c3ccc(Cl)cc3)C2)cc1. The van der Waals surface area contributed by atoms with E-state index in [1.165, 1.54) is 36.1 Å². The lowest BCUT2D eigenvalue weighted by Crippen LogP contribution is -2.56. The summed E-state index contributed by atoms with van der Waals surface area (Å²) in [6.07, 6.45) is 0. The molecule has 0 atom stereocenters. The van der Waals surface area contributed by atoms with Crippen LogP contribution in [0.25, 0.3) is 0 Å². The summed E-state index contributed by atoms with van der Waals surface area (Å²) in [6, 6.07) is 12.5. The second kappa shape index (κ2) is 7.09. The number of likely N-dealkylation sites (tertiary alicyclic amines) is 1. The third-order valence-electron chi connectivity index (χ3n) is 4.17. The molecule has 2 aromatic carbocycles. The summed E-state index contributed by atoms with van der Waals surface area (Å²) in [5.74, 6) is -0.427. The number of sulfone groups is 1. The van der Waals surface area contributed by atoms with Gasteiger partial charge in [-0.15, -0.1) is 0 Å². The molecule has 0 spiro atoms. The topological polar surface area (TPSA) is 83.6 Å². The van der Waals surface area contributed by atoms with E-state index in [2.05, 4.69) is 5.32 Å². The fraction of sp³-hybridized carbons (Fsp3) is 0.222. The minimum atomic E-state index is -3.49. The first-order valence-corrected chi connectivity index (χ1v) is 9.86. The maximum absolute atomic E-state index is 12.6. The lowest BCUT2D eigenvalue weighted by molar-refractivity contribution is -0.114. The molecule has 1 saturated heterocycles. The van der Waals surface area contributed by atoms with Crippen molar-refractivity contribution in [1.29, 1.82) is 0 Å². The highest BCUT2D eigenvalue weighted by Gasteiger charge is 2.40. The van der Waals surface area contributed by atoms with E-state index in [9.17, 15) is 18.0 Å². The molecule has 1 heterocycles. The van der Waals surface area contributed by atoms with Gasteiger partial charge in [-0.3, -0.25) is 9.59 Å². The van der Waals surface area contributed by atoms with Crippen LogP contribution in [-0.2, 0) is 14.6 Å². The number of nitrogens with zero attached hydrogens (tertiary/aromatic N) is 1. The molecule has 0 bridgehead atoms. The third-order valence-corrected chi connectivity index (χ3v) is 6.53. The second-order valence-corrected chi connectivity index (χ2v) is 8.75. The summed E-state index contributed by atoms with van der Waals surface area (Å²) >= 11 is 5.79. The molecular formula is C18H17ClN2O4S. The predicted molar refractivity (Wildman–Crippen MR) is 99.1 cm³/mol. The summed E-state index contributed by atoms with van der Waals surface area (Å²) < 4.78 is 25.1. The molecule has 26 heavy (non-hydrogen) atoms. The van der Waals surface area contributed by atoms with Crippen molar-refractivity contribution in [3.8, 4) is 0 Å². The first kappa shape index (κ1) is 18.4. The number of halogens is 1. The Labute approximate surface area is 156 Å². The van der Waals surface area contributed by atoms with E-state index in [-0.39, 0.29) is 29.8 Å². The number of rotatable bonds is 4. The van der Waals surface area contributed by atoms with E-state index in [0.717, 1.165) is 0 Å². The number of hydrogen-bond donors (Lipinski definition) is 1. The van der Waals surface area contributed by atoms with Gasteiger partial charge in [-0.05, 0) is 48.5 Å². The van der Waals surface area contributed by atoms with Crippen LogP contribution in [0.1, 0.15) is 17.3 Å². The molecule has 2 aromatic rings. The van der Waals surface area contributed by atoms with Crippen molar-refractivity contribution in [2.24, 2.45) is 0 Å². The summed E-state index contributed by atoms with van der Waals surface area (Å²) in [5.41, 5.74) is 1.04. The zero-order valence-corrected chi connectivity index (χ0v) is 15.5. The van der Waals surface area contributed by atoms with Crippen LogP contribution in [0.2, 0.25) is 5.02 Å². The zero-order valence-electron chi connectivity index (χ0n) is 14.0. The van der Waals surface area contributed by atoms with E-state index < -0.39 is 15.1 Å². The standard InChI is InChI=1S/C18H17ClN2O4S/c1-12(22)20-15-6-2-13(3-7-15)18(23)21-10-17(11-21)26(24,25)16-8-4-14(19)5-9-16/h2-9,17H,10-11H2,1H3,(H,20,22). The molecule has 6 nitrogen and oxygen atoms in total. The van der Waals surface area contributed by atoms with Gasteiger partial charge in [0.05, 0.1) is 4.90 Å². The minimum absolute atomic E-state index is 0.150. The lowest BCUT2D eigenvalue weighted by atomic mass is 10.1. The Hall–Kier alpha value is -2.38. The molecule has 0 aliphatic carbocycles. The lowest BCUT2D eigenvalue weighted by Gasteiger charge is -2.38. The van der Waals surface area contributed by atoms with Crippen molar-refractivity contribution >= 4 is 38.9 Å². The molecule has 0 aromatic heterocycles. The molecule has 8 heteroatoms. The molecule has 0 unspecified atom stereocenters. The van der Waals surface area contributed by atoms with E-state index >= 15 is 0 Å². The Morgan fingerprint density at radius 2 is 1.62 bits per heavy atom. The van der Waals surface area contributed by atoms with Crippen LogP contribution in [0.15, 0.2) is 53.4 Å². The van der Waals surface area contributed by atoms with Gasteiger partial charge in [-0.2, -0.15) is 0 Å². The Balaban J connectivity index is 1.64. The van der Waals surface area contributed by atoms with E-state index in [4.69, 9.17) is 11.6 Å². The number of hydrogen-bond acceptors (Lipinski definition) is 4. The highest BCUT2D eigenvalue weighted by molar-refractivity contribution is 7.92. The maximum Gasteiger partial charge on any atom is 0.253 e. The van der Waals surface area contributed by atoms with Crippen molar-refractivity contribution in [3.63, 3.8) is 0 Å². The van der Waals surface area contributed by atoms with Gasteiger partial charge in [-0.25, -0.2) is 8.42 Å². The monoisotopic (exact) mass is 392 g/mol. The van der Waals surface area contributed by atoms with Crippen molar-refractivity contribution in [3.05, 3.63) is 59.1 Å². The normalized spacial score (nSPS) is 14.6. The van der Waals surface area contributed by atoms with Gasteiger partial charge in [0, 0.05) is 36.3 Å². The Morgan fingerprint density at radius 1 is 1.04 bits per heavy atom. The number of nitrogens with one attached hydrogen (secondary N) is 1. The zero-order chi connectivity index (χ0) is 18.9. The summed E-state index contributed by atoms with van der Waals surface area (Å²) in [5, 5.41) is 2.47. The molecule has 0 radical (unpaired) electrons. The Kier molecular flexibility index (Phi) is 5.02. The van der Waals surface area contributed by atoms with Crippen molar-refractivity contribution in [2.45, 2.75) is 17.1 Å². The van der Waals surface area contributed by atoms with Gasteiger partial charge in [-0.1, -0.05) is 11.6 Å². The highest BCUT2D eigenvalue weighted by atomic mass is 35.5. The van der Waals surface area contributed by atoms with E-state index in [0.29, 0.717) is 16.3 Å². The van der Waals surface area contributed by atoms with Crippen LogP contribution in [-0.4, -0.2) is 43.5 Å². The number of anilines is 1. The number of carbonyl (C=O) groups excluding carboxylic acids is 2. The fourth-order valence-electron chi connectivity index (χ4n) is 2.70. The molecule has 1 fully saturated rings. The van der Waals surface area contributed by atoms with Crippen molar-refractivity contribution < 1.29 is 18.0 Å². The number of carbonyl (C=O) groups is 2. The first-order chi connectivity index (χ1) is 12.3. The number of amides is 2. The third kappa shape index (κ3) is 3.73. The van der Waals surface area contributed by atoms with Gasteiger partial charge in [0.15, 0.2) is 9.84 Å². The van der Waals surface area contributed by atoms with Crippen LogP contribution in [0, 0.1) is 0 Å². The molecule has 1 aliphatic rings. The van der Waals surface area contributed by atoms with Crippen molar-refractivity contribution in [2.75, 3.05) is 18.4 Å². The summed E-state index contributed by atoms with van der Waals surface area (Å²) in [7, 11) is -3.49. The molecular weight excluding hydrogens is 376 g/mol. The molecule has 0 saturated carbocycles. The molecule has 3 rings (SSSR count). The highest BCUT2D eigenvalue weighted by Crippen LogP contribution is 2.26. The largest absolute Gasteiger partial charge is 0.336 e. The van der Waals surface area contributed by atoms with Crippen LogP contribution in [0.5, 0.6) is 0 Å². The predicted octanol–water partition coefficient (Wildman–Crippen LogP) is 2.60. The quantitative estimate of drug-likeness (QED) is 0.866. The average molecular weight is 393 g/mol. The van der Waals surface area contributed by atoms with Gasteiger partial charge >= 0.3 is 0 Å². The summed E-state index contributed by atoms with van der Waals surface area (Å²) in [6.45, 7) is 1.70. The second-order valence-electron chi connectivity index (χ2n) is 6.09. The van der Waals surface area contributed by atoms with Crippen molar-refractivity contribution in [1.82, 2.24) is 4.90 Å². The molecule has 2 amide bonds. The van der Waals surface area contributed by atoms with E-state index in [1.54, 1.807) is 24.3 Å². The minimum Gasteiger partial charge on any atom is -0.336 e. The number of benzene rings is 2.